The van der Waals surface area contributed by atoms with Gasteiger partial charge in [-0.3, -0.25) is 0 Å². The Labute approximate surface area is 162 Å². The quantitative estimate of drug-likeness (QED) is 0.492. The molecule has 0 aliphatic heterocycles. The molecule has 0 aliphatic carbocycles. The van der Waals surface area contributed by atoms with Gasteiger partial charge in [-0.05, 0) is 56.5 Å². The molecule has 0 saturated carbocycles. The molecule has 0 spiro atoms. The molecule has 0 aromatic heterocycles. The van der Waals surface area contributed by atoms with Crippen LogP contribution in [0.2, 0.25) is 0 Å². The number of benzene rings is 2. The number of hydrogen-bond acceptors (Lipinski definition) is 3. The predicted molar refractivity (Wildman–Crippen MR) is 111 cm³/mol. The highest BCUT2D eigenvalue weighted by molar-refractivity contribution is 5.79. The van der Waals surface area contributed by atoms with Crippen LogP contribution in [0.25, 0.3) is 0 Å². The number of aliphatic hydroxyl groups excluding tert-OH is 1. The predicted octanol–water partition coefficient (Wildman–Crippen LogP) is 3.57. The summed E-state index contributed by atoms with van der Waals surface area (Å²) < 4.78 is 5.70. The Bertz CT molecular complexity index is 744. The number of rotatable bonds is 8. The van der Waals surface area contributed by atoms with Crippen LogP contribution in [-0.4, -0.2) is 30.3 Å². The number of guanidine groups is 1. The van der Waals surface area contributed by atoms with Crippen LogP contribution in [0.3, 0.4) is 0 Å². The smallest absolute Gasteiger partial charge is 0.191 e. The van der Waals surface area contributed by atoms with E-state index in [9.17, 15) is 5.11 Å². The minimum atomic E-state index is -0.650. The molecule has 0 bridgehead atoms. The molecule has 0 fully saturated rings. The molecule has 27 heavy (non-hydrogen) atoms. The first-order valence-corrected chi connectivity index (χ1v) is 9.51. The fourth-order valence-electron chi connectivity index (χ4n) is 2.67. The lowest BCUT2D eigenvalue weighted by atomic mass is 10.1. The highest BCUT2D eigenvalue weighted by atomic mass is 16.5. The molecule has 2 rings (SSSR count). The van der Waals surface area contributed by atoms with E-state index >= 15 is 0 Å². The van der Waals surface area contributed by atoms with E-state index in [0.29, 0.717) is 19.0 Å². The van der Waals surface area contributed by atoms with Gasteiger partial charge in [-0.25, -0.2) is 4.99 Å². The summed E-state index contributed by atoms with van der Waals surface area (Å²) in [5.74, 6) is 1.45. The monoisotopic (exact) mass is 369 g/mol. The van der Waals surface area contributed by atoms with Crippen LogP contribution in [0.4, 0.5) is 0 Å². The third-order valence-corrected chi connectivity index (χ3v) is 4.09. The van der Waals surface area contributed by atoms with Crippen molar-refractivity contribution in [3.05, 3.63) is 65.2 Å². The van der Waals surface area contributed by atoms with Gasteiger partial charge in [0.05, 0.1) is 18.8 Å². The number of aliphatic imine (C=N–C) groups is 1. The first-order valence-electron chi connectivity index (χ1n) is 9.51. The topological polar surface area (TPSA) is 65.9 Å². The number of nitrogens with zero attached hydrogens (tertiary/aromatic N) is 1. The van der Waals surface area contributed by atoms with Gasteiger partial charge in [-0.15, -0.1) is 0 Å². The van der Waals surface area contributed by atoms with Gasteiger partial charge in [0.25, 0.3) is 0 Å². The zero-order valence-corrected chi connectivity index (χ0v) is 16.7. The van der Waals surface area contributed by atoms with Gasteiger partial charge in [0, 0.05) is 13.1 Å². The molecular formula is C22H31N3O2. The molecule has 2 aromatic rings. The lowest BCUT2D eigenvalue weighted by Gasteiger charge is -2.17. The maximum Gasteiger partial charge on any atom is 0.191 e. The van der Waals surface area contributed by atoms with Crippen molar-refractivity contribution in [3.63, 3.8) is 0 Å². The van der Waals surface area contributed by atoms with Crippen molar-refractivity contribution >= 4 is 5.96 Å². The first-order chi connectivity index (χ1) is 13.0. The second kappa shape index (κ2) is 10.6. The standard InChI is InChI=1S/C22H31N3O2/c1-5-23-22(24-14-19-10-7-6-9-17(19)4)25-15-21(26)18-11-8-12-20(13-18)27-16(2)3/h6-13,16,21,26H,5,14-15H2,1-4H3,(H2,23,24,25). The zero-order valence-electron chi connectivity index (χ0n) is 16.7. The molecule has 2 aromatic carbocycles. The summed E-state index contributed by atoms with van der Waals surface area (Å²) in [4.78, 5) is 4.63. The Morgan fingerprint density at radius 2 is 1.89 bits per heavy atom. The van der Waals surface area contributed by atoms with E-state index in [1.807, 2.05) is 57.2 Å². The Morgan fingerprint density at radius 3 is 2.59 bits per heavy atom. The Morgan fingerprint density at radius 1 is 1.11 bits per heavy atom. The molecule has 0 amide bonds. The van der Waals surface area contributed by atoms with Crippen LogP contribution >= 0.6 is 0 Å². The van der Waals surface area contributed by atoms with Gasteiger partial charge in [-0.2, -0.15) is 0 Å². The molecule has 5 heteroatoms. The Balaban J connectivity index is 1.98. The molecule has 0 saturated heterocycles. The maximum absolute atomic E-state index is 10.5. The molecule has 1 unspecified atom stereocenters. The minimum absolute atomic E-state index is 0.101. The van der Waals surface area contributed by atoms with Crippen LogP contribution in [0.5, 0.6) is 5.75 Å². The highest BCUT2D eigenvalue weighted by Gasteiger charge is 2.10. The molecular weight excluding hydrogens is 338 g/mol. The summed E-state index contributed by atoms with van der Waals surface area (Å²) in [6, 6.07) is 15.8. The van der Waals surface area contributed by atoms with Gasteiger partial charge < -0.3 is 20.5 Å². The van der Waals surface area contributed by atoms with Crippen molar-refractivity contribution in [1.82, 2.24) is 10.6 Å². The molecule has 0 heterocycles. The van der Waals surface area contributed by atoms with Crippen LogP contribution < -0.4 is 15.4 Å². The first kappa shape index (κ1) is 20.8. The second-order valence-corrected chi connectivity index (χ2v) is 6.76. The average Bonchev–Trinajstić information content (AvgIpc) is 2.64. The largest absolute Gasteiger partial charge is 0.491 e. The van der Waals surface area contributed by atoms with Gasteiger partial charge in [0.15, 0.2) is 5.96 Å². The normalized spacial score (nSPS) is 12.7. The van der Waals surface area contributed by atoms with E-state index in [2.05, 4.69) is 34.7 Å². The lowest BCUT2D eigenvalue weighted by molar-refractivity contribution is 0.179. The Hall–Kier alpha value is -2.53. The van der Waals surface area contributed by atoms with Crippen LogP contribution in [0.15, 0.2) is 53.5 Å². The van der Waals surface area contributed by atoms with E-state index in [-0.39, 0.29) is 6.10 Å². The molecule has 1 atom stereocenters. The van der Waals surface area contributed by atoms with Crippen molar-refractivity contribution < 1.29 is 9.84 Å². The number of hydrogen-bond donors (Lipinski definition) is 3. The SMILES string of the molecule is CCNC(=NCc1ccccc1C)NCC(O)c1cccc(OC(C)C)c1. The van der Waals surface area contributed by atoms with E-state index in [1.165, 1.54) is 11.1 Å². The third kappa shape index (κ3) is 6.94. The number of aliphatic hydroxyl groups is 1. The third-order valence-electron chi connectivity index (χ3n) is 4.09. The number of ether oxygens (including phenoxy) is 1. The lowest BCUT2D eigenvalue weighted by Crippen LogP contribution is -2.39. The Kier molecular flexibility index (Phi) is 8.14. The summed E-state index contributed by atoms with van der Waals surface area (Å²) in [5.41, 5.74) is 3.23. The number of nitrogens with one attached hydrogen (secondary N) is 2. The molecule has 0 aliphatic rings. The maximum atomic E-state index is 10.5. The van der Waals surface area contributed by atoms with E-state index in [0.717, 1.165) is 17.9 Å². The van der Waals surface area contributed by atoms with Crippen molar-refractivity contribution in [3.8, 4) is 5.75 Å². The zero-order chi connectivity index (χ0) is 19.6. The van der Waals surface area contributed by atoms with E-state index < -0.39 is 6.10 Å². The van der Waals surface area contributed by atoms with Crippen molar-refractivity contribution in [2.75, 3.05) is 13.1 Å². The average molecular weight is 370 g/mol. The molecule has 3 N–H and O–H groups in total. The van der Waals surface area contributed by atoms with Crippen molar-refractivity contribution in [2.45, 2.75) is 46.4 Å². The second-order valence-electron chi connectivity index (χ2n) is 6.76. The summed E-state index contributed by atoms with van der Waals surface area (Å²) in [6.07, 6.45) is -0.549. The summed E-state index contributed by atoms with van der Waals surface area (Å²) in [7, 11) is 0. The van der Waals surface area contributed by atoms with Crippen LogP contribution in [0.1, 0.15) is 43.6 Å². The van der Waals surface area contributed by atoms with Crippen molar-refractivity contribution in [1.29, 1.82) is 0 Å². The van der Waals surface area contributed by atoms with Gasteiger partial charge in [0.2, 0.25) is 0 Å². The molecule has 0 radical (unpaired) electrons. The van der Waals surface area contributed by atoms with E-state index in [4.69, 9.17) is 4.74 Å². The van der Waals surface area contributed by atoms with Gasteiger partial charge >= 0.3 is 0 Å². The highest BCUT2D eigenvalue weighted by Crippen LogP contribution is 2.20. The summed E-state index contributed by atoms with van der Waals surface area (Å²) in [5, 5.41) is 17.0. The fourth-order valence-corrected chi connectivity index (χ4v) is 2.67. The van der Waals surface area contributed by atoms with Gasteiger partial charge in [0.1, 0.15) is 5.75 Å². The van der Waals surface area contributed by atoms with Gasteiger partial charge in [-0.1, -0.05) is 36.4 Å². The molecule has 5 nitrogen and oxygen atoms in total. The van der Waals surface area contributed by atoms with Crippen LogP contribution in [-0.2, 0) is 6.54 Å². The fraction of sp³-hybridized carbons (Fsp3) is 0.409. The minimum Gasteiger partial charge on any atom is -0.491 e. The van der Waals surface area contributed by atoms with E-state index in [1.54, 1.807) is 0 Å². The van der Waals surface area contributed by atoms with Crippen LogP contribution in [0, 0.1) is 6.92 Å². The number of aryl methyl sites for hydroxylation is 1. The van der Waals surface area contributed by atoms with Crippen molar-refractivity contribution in [2.24, 2.45) is 4.99 Å². The molecule has 146 valence electrons. The summed E-state index contributed by atoms with van der Waals surface area (Å²) in [6.45, 7) is 9.79. The summed E-state index contributed by atoms with van der Waals surface area (Å²) >= 11 is 0.